The molecule has 6 nitrogen and oxygen atoms in total. The van der Waals surface area contributed by atoms with Crippen molar-refractivity contribution in [3.05, 3.63) is 11.8 Å². The van der Waals surface area contributed by atoms with Gasteiger partial charge in [-0.1, -0.05) is 6.92 Å². The van der Waals surface area contributed by atoms with Gasteiger partial charge in [-0.25, -0.2) is 9.59 Å². The summed E-state index contributed by atoms with van der Waals surface area (Å²) in [4.78, 5) is 20.7. The average molecular weight is 198 g/mol. The monoisotopic (exact) mass is 198 g/mol. The molecule has 0 aliphatic heterocycles. The van der Waals surface area contributed by atoms with E-state index in [-0.39, 0.29) is 5.57 Å². The lowest BCUT2D eigenvalue weighted by molar-refractivity contribution is -0.150. The minimum atomic E-state index is -1.72. The summed E-state index contributed by atoms with van der Waals surface area (Å²) in [6, 6.07) is 0.0800. The van der Waals surface area contributed by atoms with Crippen LogP contribution in [0.2, 0.25) is 0 Å². The molecule has 0 fully saturated rings. The van der Waals surface area contributed by atoms with Gasteiger partial charge in [0, 0.05) is 11.8 Å². The van der Waals surface area contributed by atoms with Crippen LogP contribution in [0.3, 0.4) is 0 Å². The number of carbonyl (C=O) groups is 2. The maximum atomic E-state index is 10.4. The lowest BCUT2D eigenvalue weighted by Crippen LogP contribution is -2.40. The first-order chi connectivity index (χ1) is 6.52. The van der Waals surface area contributed by atoms with Gasteiger partial charge in [-0.3, -0.25) is 0 Å². The summed E-state index contributed by atoms with van der Waals surface area (Å²) in [5.41, 5.74) is 0.289. The molecule has 6 heteroatoms. The van der Waals surface area contributed by atoms with Gasteiger partial charge in [0.05, 0.1) is 6.07 Å². The summed E-state index contributed by atoms with van der Waals surface area (Å²) in [7, 11) is 0. The van der Waals surface area contributed by atoms with Crippen molar-refractivity contribution in [2.45, 2.75) is 19.4 Å². The van der Waals surface area contributed by atoms with E-state index in [0.29, 0.717) is 6.42 Å². The minimum Gasteiger partial charge on any atom is -0.479 e. The quantitative estimate of drug-likeness (QED) is 0.421. The van der Waals surface area contributed by atoms with Crippen LogP contribution in [0.25, 0.3) is 0 Å². The van der Waals surface area contributed by atoms with E-state index >= 15 is 0 Å². The van der Waals surface area contributed by atoms with Gasteiger partial charge >= 0.3 is 11.9 Å². The van der Waals surface area contributed by atoms with Crippen LogP contribution in [0, 0.1) is 11.3 Å². The SMILES string of the molecule is CC/C(C#N)=C\NC(C(=O)O)C(=O)O. The summed E-state index contributed by atoms with van der Waals surface area (Å²) in [6.07, 6.45) is 1.52. The summed E-state index contributed by atoms with van der Waals surface area (Å²) >= 11 is 0. The lowest BCUT2D eigenvalue weighted by Gasteiger charge is -2.06. The second-order valence-electron chi connectivity index (χ2n) is 2.41. The molecule has 0 radical (unpaired) electrons. The smallest absolute Gasteiger partial charge is 0.337 e. The number of rotatable bonds is 5. The summed E-state index contributed by atoms with van der Waals surface area (Å²) in [6.45, 7) is 1.70. The first-order valence-corrected chi connectivity index (χ1v) is 3.83. The molecule has 0 bridgehead atoms. The molecule has 14 heavy (non-hydrogen) atoms. The van der Waals surface area contributed by atoms with E-state index in [4.69, 9.17) is 15.5 Å². The van der Waals surface area contributed by atoms with Crippen molar-refractivity contribution < 1.29 is 19.8 Å². The largest absolute Gasteiger partial charge is 0.479 e. The van der Waals surface area contributed by atoms with Gasteiger partial charge in [0.2, 0.25) is 6.04 Å². The lowest BCUT2D eigenvalue weighted by atomic mass is 10.2. The number of hydrogen-bond donors (Lipinski definition) is 3. The number of nitrogens with zero attached hydrogens (tertiary/aromatic N) is 1. The molecule has 0 aromatic rings. The van der Waals surface area contributed by atoms with E-state index in [1.807, 2.05) is 0 Å². The molecule has 0 saturated heterocycles. The fraction of sp³-hybridized carbons (Fsp3) is 0.375. The highest BCUT2D eigenvalue weighted by atomic mass is 16.4. The molecule has 0 amide bonds. The van der Waals surface area contributed by atoms with Crippen molar-refractivity contribution in [1.82, 2.24) is 5.32 Å². The van der Waals surface area contributed by atoms with Crippen molar-refractivity contribution in [1.29, 1.82) is 5.26 Å². The van der Waals surface area contributed by atoms with E-state index in [9.17, 15) is 9.59 Å². The van der Waals surface area contributed by atoms with Gasteiger partial charge in [-0.2, -0.15) is 5.26 Å². The van der Waals surface area contributed by atoms with Gasteiger partial charge in [0.15, 0.2) is 0 Å². The standard InChI is InChI=1S/C8H10N2O4/c1-2-5(3-9)4-10-6(7(11)12)8(13)14/h4,6,10H,2H2,1H3,(H,11,12)(H,13,14)/b5-4+. The molecular weight excluding hydrogens is 188 g/mol. The Morgan fingerprint density at radius 2 is 2.00 bits per heavy atom. The number of allylic oxidation sites excluding steroid dienone is 1. The summed E-state index contributed by atoms with van der Waals surface area (Å²) in [5, 5.41) is 27.5. The molecule has 0 atom stereocenters. The molecule has 0 unspecified atom stereocenters. The number of nitriles is 1. The van der Waals surface area contributed by atoms with Gasteiger partial charge in [0.1, 0.15) is 0 Å². The van der Waals surface area contributed by atoms with Crippen molar-refractivity contribution in [2.75, 3.05) is 0 Å². The molecule has 3 N–H and O–H groups in total. The Bertz CT molecular complexity index is 289. The number of nitrogens with one attached hydrogen (secondary N) is 1. The normalized spacial score (nSPS) is 10.8. The Morgan fingerprint density at radius 1 is 1.50 bits per heavy atom. The summed E-state index contributed by atoms with van der Waals surface area (Å²) < 4.78 is 0. The van der Waals surface area contributed by atoms with E-state index < -0.39 is 18.0 Å². The Morgan fingerprint density at radius 3 is 2.29 bits per heavy atom. The van der Waals surface area contributed by atoms with Crippen molar-refractivity contribution in [3.63, 3.8) is 0 Å². The third-order valence-corrected chi connectivity index (χ3v) is 1.44. The zero-order valence-electron chi connectivity index (χ0n) is 7.52. The van der Waals surface area contributed by atoms with Gasteiger partial charge in [0.25, 0.3) is 0 Å². The Balaban J connectivity index is 4.49. The maximum absolute atomic E-state index is 10.4. The number of aliphatic carboxylic acids is 2. The number of carboxylic acids is 2. The van der Waals surface area contributed by atoms with Crippen molar-refractivity contribution in [3.8, 4) is 6.07 Å². The molecule has 0 saturated carbocycles. The second-order valence-corrected chi connectivity index (χ2v) is 2.41. The first-order valence-electron chi connectivity index (χ1n) is 3.83. The van der Waals surface area contributed by atoms with E-state index in [2.05, 4.69) is 5.32 Å². The van der Waals surface area contributed by atoms with Crippen LogP contribution in [-0.4, -0.2) is 28.2 Å². The van der Waals surface area contributed by atoms with Crippen molar-refractivity contribution in [2.24, 2.45) is 0 Å². The molecule has 0 heterocycles. The van der Waals surface area contributed by atoms with E-state index in [0.717, 1.165) is 6.20 Å². The Hall–Kier alpha value is -2.03. The zero-order chi connectivity index (χ0) is 11.1. The zero-order valence-corrected chi connectivity index (χ0v) is 7.52. The number of hydrogen-bond acceptors (Lipinski definition) is 4. The second kappa shape index (κ2) is 5.59. The Kier molecular flexibility index (Phi) is 4.78. The molecular formula is C8H10N2O4. The van der Waals surface area contributed by atoms with E-state index in [1.54, 1.807) is 13.0 Å². The molecule has 0 aliphatic carbocycles. The van der Waals surface area contributed by atoms with Crippen LogP contribution in [0.5, 0.6) is 0 Å². The first kappa shape index (κ1) is 12.0. The average Bonchev–Trinajstić information content (AvgIpc) is 2.11. The third-order valence-electron chi connectivity index (χ3n) is 1.44. The molecule has 0 aliphatic rings. The van der Waals surface area contributed by atoms with Crippen molar-refractivity contribution >= 4 is 11.9 Å². The predicted octanol–water partition coefficient (Wildman–Crippen LogP) is -0.0687. The molecule has 76 valence electrons. The van der Waals surface area contributed by atoms with Crippen LogP contribution in [0.4, 0.5) is 0 Å². The van der Waals surface area contributed by atoms with Crippen LogP contribution in [-0.2, 0) is 9.59 Å². The molecule has 0 aromatic carbocycles. The number of carboxylic acid groups (broad SMARTS) is 2. The predicted molar refractivity (Wildman–Crippen MR) is 46.2 cm³/mol. The minimum absolute atomic E-state index is 0.289. The van der Waals surface area contributed by atoms with Crippen LogP contribution >= 0.6 is 0 Å². The topological polar surface area (TPSA) is 110 Å². The highest BCUT2D eigenvalue weighted by Gasteiger charge is 2.23. The Labute approximate surface area is 80.5 Å². The van der Waals surface area contributed by atoms with Crippen LogP contribution < -0.4 is 5.32 Å². The van der Waals surface area contributed by atoms with Crippen LogP contribution in [0.15, 0.2) is 11.8 Å². The molecule has 0 aromatic heterocycles. The van der Waals surface area contributed by atoms with E-state index in [1.165, 1.54) is 0 Å². The highest BCUT2D eigenvalue weighted by molar-refractivity contribution is 5.97. The maximum Gasteiger partial charge on any atom is 0.337 e. The fourth-order valence-electron chi connectivity index (χ4n) is 0.646. The van der Waals surface area contributed by atoms with Gasteiger partial charge in [-0.05, 0) is 6.42 Å². The third kappa shape index (κ3) is 3.58. The molecule has 0 rings (SSSR count). The highest BCUT2D eigenvalue weighted by Crippen LogP contribution is 1.96. The van der Waals surface area contributed by atoms with Crippen LogP contribution in [0.1, 0.15) is 13.3 Å². The van der Waals surface area contributed by atoms with Gasteiger partial charge < -0.3 is 15.5 Å². The van der Waals surface area contributed by atoms with Gasteiger partial charge in [-0.15, -0.1) is 0 Å². The fourth-order valence-corrected chi connectivity index (χ4v) is 0.646. The summed E-state index contributed by atoms with van der Waals surface area (Å²) in [5.74, 6) is -3.00. The molecule has 0 spiro atoms.